The molecule has 2 heterocycles. The average Bonchev–Trinajstić information content (AvgIpc) is 2.75. The van der Waals surface area contributed by atoms with Crippen molar-refractivity contribution >= 4 is 21.7 Å². The molecule has 0 aromatic carbocycles. The molecule has 3 unspecified atom stereocenters. The molecule has 0 aliphatic carbocycles. The van der Waals surface area contributed by atoms with Crippen molar-refractivity contribution in [2.24, 2.45) is 0 Å². The Labute approximate surface area is 126 Å². The van der Waals surface area contributed by atoms with E-state index in [1.54, 1.807) is 6.92 Å². The summed E-state index contributed by atoms with van der Waals surface area (Å²) < 4.78 is 24.0. The van der Waals surface area contributed by atoms with Crippen LogP contribution >= 0.6 is 0 Å². The molecule has 0 bridgehead atoms. The van der Waals surface area contributed by atoms with Crippen LogP contribution in [0.4, 0.5) is 0 Å². The molecule has 1 N–H and O–H groups in total. The Balaban J connectivity index is 2.28. The van der Waals surface area contributed by atoms with Crippen molar-refractivity contribution in [3.8, 4) is 0 Å². The average molecular weight is 316 g/mol. The van der Waals surface area contributed by atoms with E-state index in [0.29, 0.717) is 25.7 Å². The number of nitrogens with zero attached hydrogens (tertiary/aromatic N) is 1. The molecule has 0 spiro atoms. The highest BCUT2D eigenvalue weighted by atomic mass is 32.2. The van der Waals surface area contributed by atoms with E-state index in [1.807, 2.05) is 13.8 Å². The normalized spacial score (nSPS) is 35.9. The fraction of sp³-hybridized carbons (Fsp3) is 0.857. The van der Waals surface area contributed by atoms with Gasteiger partial charge in [-0.05, 0) is 32.6 Å². The van der Waals surface area contributed by atoms with Crippen molar-refractivity contribution in [2.45, 2.75) is 63.3 Å². The summed E-state index contributed by atoms with van der Waals surface area (Å²) in [6, 6.07) is -0.562. The van der Waals surface area contributed by atoms with E-state index in [1.165, 1.54) is 4.90 Å². The van der Waals surface area contributed by atoms with Gasteiger partial charge >= 0.3 is 0 Å². The Hall–Kier alpha value is -1.11. The quantitative estimate of drug-likeness (QED) is 0.817. The number of hydrogen-bond donors (Lipinski definition) is 1. The zero-order chi connectivity index (χ0) is 15.8. The molecule has 0 saturated carbocycles. The Kier molecular flexibility index (Phi) is 4.33. The molecule has 6 nitrogen and oxygen atoms in total. The van der Waals surface area contributed by atoms with E-state index in [2.05, 4.69) is 5.32 Å². The number of amides is 2. The SMILES string of the molecule is CCC1C(=O)NC(C)(CC)C(=O)N1CC1CCCS1(=O)=O. The molecule has 120 valence electrons. The van der Waals surface area contributed by atoms with Gasteiger partial charge in [0.15, 0.2) is 9.84 Å². The first-order valence-corrected chi connectivity index (χ1v) is 9.31. The zero-order valence-electron chi connectivity index (χ0n) is 12.9. The molecular weight excluding hydrogens is 292 g/mol. The van der Waals surface area contributed by atoms with Crippen LogP contribution in [0.2, 0.25) is 0 Å². The standard InChI is InChI=1S/C14H24N2O4S/c1-4-11-12(17)15-14(3,5-2)13(18)16(11)9-10-7-6-8-21(10,19)20/h10-11H,4-9H2,1-3H3,(H,15,17). The molecule has 2 saturated heterocycles. The zero-order valence-corrected chi connectivity index (χ0v) is 13.7. The first kappa shape index (κ1) is 16.3. The molecule has 0 radical (unpaired) electrons. The van der Waals surface area contributed by atoms with Gasteiger partial charge in [0.25, 0.3) is 0 Å². The molecule has 21 heavy (non-hydrogen) atoms. The van der Waals surface area contributed by atoms with Gasteiger partial charge in [-0.25, -0.2) is 8.42 Å². The maximum absolute atomic E-state index is 12.7. The van der Waals surface area contributed by atoms with Crippen LogP contribution in [0.1, 0.15) is 46.5 Å². The largest absolute Gasteiger partial charge is 0.340 e. The van der Waals surface area contributed by atoms with Gasteiger partial charge in [-0.3, -0.25) is 9.59 Å². The van der Waals surface area contributed by atoms with E-state index < -0.39 is 26.7 Å². The highest BCUT2D eigenvalue weighted by molar-refractivity contribution is 7.92. The van der Waals surface area contributed by atoms with Gasteiger partial charge in [0.05, 0.1) is 11.0 Å². The fourth-order valence-electron chi connectivity index (χ4n) is 3.15. The Bertz CT molecular complexity index is 545. The summed E-state index contributed by atoms with van der Waals surface area (Å²) in [6.07, 6.45) is 2.20. The van der Waals surface area contributed by atoms with E-state index in [-0.39, 0.29) is 24.1 Å². The monoisotopic (exact) mass is 316 g/mol. The lowest BCUT2D eigenvalue weighted by Gasteiger charge is -2.44. The molecule has 2 aliphatic rings. The van der Waals surface area contributed by atoms with Gasteiger partial charge in [0.1, 0.15) is 11.6 Å². The lowest BCUT2D eigenvalue weighted by Crippen LogP contribution is -2.69. The molecule has 2 rings (SSSR count). The van der Waals surface area contributed by atoms with Gasteiger partial charge < -0.3 is 10.2 Å². The second-order valence-electron chi connectivity index (χ2n) is 6.19. The van der Waals surface area contributed by atoms with Crippen molar-refractivity contribution in [3.05, 3.63) is 0 Å². The fourth-order valence-corrected chi connectivity index (χ4v) is 4.96. The number of hydrogen-bond acceptors (Lipinski definition) is 4. The minimum absolute atomic E-state index is 0.142. The molecular formula is C14H24N2O4S. The first-order chi connectivity index (χ1) is 9.75. The maximum Gasteiger partial charge on any atom is 0.248 e. The highest BCUT2D eigenvalue weighted by Crippen LogP contribution is 2.27. The minimum atomic E-state index is -3.13. The highest BCUT2D eigenvalue weighted by Gasteiger charge is 2.48. The summed E-state index contributed by atoms with van der Waals surface area (Å²) in [5.74, 6) is -0.163. The van der Waals surface area contributed by atoms with Crippen LogP contribution in [-0.4, -0.2) is 54.3 Å². The Morgan fingerprint density at radius 1 is 1.33 bits per heavy atom. The van der Waals surface area contributed by atoms with Crippen LogP contribution in [0.3, 0.4) is 0 Å². The number of carbonyl (C=O) groups is 2. The molecule has 2 aliphatic heterocycles. The second kappa shape index (κ2) is 5.59. The molecule has 2 fully saturated rings. The number of piperazine rings is 1. The van der Waals surface area contributed by atoms with Crippen molar-refractivity contribution in [3.63, 3.8) is 0 Å². The third-order valence-corrected chi connectivity index (χ3v) is 7.03. The van der Waals surface area contributed by atoms with Gasteiger partial charge in [0, 0.05) is 6.54 Å². The lowest BCUT2D eigenvalue weighted by atomic mass is 9.91. The van der Waals surface area contributed by atoms with E-state index in [0.717, 1.165) is 0 Å². The summed E-state index contributed by atoms with van der Waals surface area (Å²) >= 11 is 0. The molecule has 0 aromatic rings. The van der Waals surface area contributed by atoms with Crippen molar-refractivity contribution in [1.29, 1.82) is 0 Å². The van der Waals surface area contributed by atoms with Gasteiger partial charge in [0.2, 0.25) is 11.8 Å². The van der Waals surface area contributed by atoms with Crippen molar-refractivity contribution < 1.29 is 18.0 Å². The van der Waals surface area contributed by atoms with E-state index in [4.69, 9.17) is 0 Å². The minimum Gasteiger partial charge on any atom is -0.340 e. The van der Waals surface area contributed by atoms with Crippen LogP contribution in [-0.2, 0) is 19.4 Å². The maximum atomic E-state index is 12.7. The topological polar surface area (TPSA) is 83.6 Å². The summed E-state index contributed by atoms with van der Waals surface area (Å²) in [5.41, 5.74) is -0.925. The van der Waals surface area contributed by atoms with Crippen LogP contribution < -0.4 is 5.32 Å². The van der Waals surface area contributed by atoms with Gasteiger partial charge in [-0.1, -0.05) is 13.8 Å². The Morgan fingerprint density at radius 3 is 2.48 bits per heavy atom. The second-order valence-corrected chi connectivity index (χ2v) is 8.59. The van der Waals surface area contributed by atoms with Crippen LogP contribution in [0, 0.1) is 0 Å². The van der Waals surface area contributed by atoms with Crippen LogP contribution in [0.15, 0.2) is 0 Å². The third kappa shape index (κ3) is 2.80. The lowest BCUT2D eigenvalue weighted by molar-refractivity contribution is -0.154. The first-order valence-electron chi connectivity index (χ1n) is 7.60. The van der Waals surface area contributed by atoms with Crippen molar-refractivity contribution in [2.75, 3.05) is 12.3 Å². The summed E-state index contributed by atoms with van der Waals surface area (Å²) in [7, 11) is -3.13. The molecule has 0 aromatic heterocycles. The van der Waals surface area contributed by atoms with E-state index >= 15 is 0 Å². The molecule has 7 heteroatoms. The van der Waals surface area contributed by atoms with Gasteiger partial charge in [-0.15, -0.1) is 0 Å². The number of sulfone groups is 1. The Morgan fingerprint density at radius 2 is 2.00 bits per heavy atom. The smallest absolute Gasteiger partial charge is 0.248 e. The van der Waals surface area contributed by atoms with Crippen molar-refractivity contribution in [1.82, 2.24) is 10.2 Å². The predicted octanol–water partition coefficient (Wildman–Crippen LogP) is 0.469. The number of rotatable bonds is 4. The van der Waals surface area contributed by atoms with Gasteiger partial charge in [-0.2, -0.15) is 0 Å². The predicted molar refractivity (Wildman–Crippen MR) is 79.4 cm³/mol. The van der Waals surface area contributed by atoms with E-state index in [9.17, 15) is 18.0 Å². The molecule has 2 amide bonds. The summed E-state index contributed by atoms with van der Waals surface area (Å²) in [5, 5.41) is 2.26. The number of nitrogens with one attached hydrogen (secondary N) is 1. The third-order valence-electron chi connectivity index (χ3n) is 4.77. The van der Waals surface area contributed by atoms with Crippen LogP contribution in [0.25, 0.3) is 0 Å². The number of carbonyl (C=O) groups excluding carboxylic acids is 2. The summed E-state index contributed by atoms with van der Waals surface area (Å²) in [4.78, 5) is 26.4. The summed E-state index contributed by atoms with van der Waals surface area (Å²) in [6.45, 7) is 5.52. The van der Waals surface area contributed by atoms with Crippen LogP contribution in [0.5, 0.6) is 0 Å². The molecule has 3 atom stereocenters.